The number of aliphatic hydroxyl groups excluding tert-OH is 1. The SMILES string of the molecule is CN1Cc2ccc(OCc3cccnc3)cc2[C@@H](O)C1. The summed E-state index contributed by atoms with van der Waals surface area (Å²) in [6, 6.07) is 9.82. The average molecular weight is 270 g/mol. The molecule has 0 fully saturated rings. The van der Waals surface area contributed by atoms with Crippen molar-refractivity contribution in [2.45, 2.75) is 19.3 Å². The number of aromatic nitrogens is 1. The Labute approximate surface area is 118 Å². The van der Waals surface area contributed by atoms with Gasteiger partial charge in [-0.15, -0.1) is 0 Å². The lowest BCUT2D eigenvalue weighted by Crippen LogP contribution is -2.30. The highest BCUT2D eigenvalue weighted by Crippen LogP contribution is 2.29. The predicted octanol–water partition coefficient (Wildman–Crippen LogP) is 2.14. The molecular formula is C16H18N2O2. The van der Waals surface area contributed by atoms with Crippen LogP contribution in [0.3, 0.4) is 0 Å². The molecule has 1 N–H and O–H groups in total. The lowest BCUT2D eigenvalue weighted by Gasteiger charge is -2.29. The van der Waals surface area contributed by atoms with Gasteiger partial charge in [-0.3, -0.25) is 9.88 Å². The summed E-state index contributed by atoms with van der Waals surface area (Å²) in [5, 5.41) is 10.1. The molecule has 1 aromatic carbocycles. The van der Waals surface area contributed by atoms with E-state index in [0.717, 1.165) is 23.4 Å². The highest BCUT2D eigenvalue weighted by atomic mass is 16.5. The second-order valence-electron chi connectivity index (χ2n) is 5.22. The summed E-state index contributed by atoms with van der Waals surface area (Å²) in [4.78, 5) is 6.18. The average Bonchev–Trinajstić information content (AvgIpc) is 2.46. The molecule has 2 aromatic rings. The Balaban J connectivity index is 1.74. The molecule has 3 rings (SSSR count). The number of hydrogen-bond acceptors (Lipinski definition) is 4. The highest BCUT2D eigenvalue weighted by molar-refractivity contribution is 5.38. The van der Waals surface area contributed by atoms with Crippen molar-refractivity contribution >= 4 is 0 Å². The van der Waals surface area contributed by atoms with E-state index in [4.69, 9.17) is 4.74 Å². The van der Waals surface area contributed by atoms with Crippen LogP contribution in [0.25, 0.3) is 0 Å². The molecule has 4 nitrogen and oxygen atoms in total. The lowest BCUT2D eigenvalue weighted by molar-refractivity contribution is 0.107. The van der Waals surface area contributed by atoms with Gasteiger partial charge in [0.15, 0.2) is 0 Å². The molecular weight excluding hydrogens is 252 g/mol. The number of benzene rings is 1. The van der Waals surface area contributed by atoms with E-state index in [9.17, 15) is 5.11 Å². The van der Waals surface area contributed by atoms with Gasteiger partial charge in [0.1, 0.15) is 12.4 Å². The third-order valence-corrected chi connectivity index (χ3v) is 3.53. The molecule has 1 atom stereocenters. The summed E-state index contributed by atoms with van der Waals surface area (Å²) >= 11 is 0. The first-order chi connectivity index (χ1) is 9.72. The zero-order valence-electron chi connectivity index (χ0n) is 11.5. The van der Waals surface area contributed by atoms with Crippen molar-refractivity contribution in [1.82, 2.24) is 9.88 Å². The minimum absolute atomic E-state index is 0.439. The summed E-state index contributed by atoms with van der Waals surface area (Å²) in [5.41, 5.74) is 3.18. The molecule has 2 heterocycles. The first-order valence-electron chi connectivity index (χ1n) is 6.73. The number of ether oxygens (including phenoxy) is 1. The van der Waals surface area contributed by atoms with Gasteiger partial charge in [0, 0.05) is 31.0 Å². The first kappa shape index (κ1) is 13.1. The number of hydrogen-bond donors (Lipinski definition) is 1. The molecule has 0 saturated carbocycles. The number of aliphatic hydroxyl groups is 1. The molecule has 0 aliphatic carbocycles. The predicted molar refractivity (Wildman–Crippen MR) is 76.3 cm³/mol. The van der Waals surface area contributed by atoms with Crippen molar-refractivity contribution in [3.05, 3.63) is 59.4 Å². The number of likely N-dealkylation sites (N-methyl/N-ethyl adjacent to an activating group) is 1. The van der Waals surface area contributed by atoms with E-state index in [0.29, 0.717) is 13.2 Å². The van der Waals surface area contributed by atoms with Crippen LogP contribution in [0, 0.1) is 0 Å². The van der Waals surface area contributed by atoms with Crippen molar-refractivity contribution in [3.8, 4) is 5.75 Å². The smallest absolute Gasteiger partial charge is 0.120 e. The number of fused-ring (bicyclic) bond motifs is 1. The topological polar surface area (TPSA) is 45.6 Å². The summed E-state index contributed by atoms with van der Waals surface area (Å²) in [7, 11) is 2.01. The molecule has 0 amide bonds. The van der Waals surface area contributed by atoms with Gasteiger partial charge < -0.3 is 9.84 Å². The third-order valence-electron chi connectivity index (χ3n) is 3.53. The van der Waals surface area contributed by atoms with Gasteiger partial charge in [-0.1, -0.05) is 12.1 Å². The van der Waals surface area contributed by atoms with Crippen LogP contribution in [-0.2, 0) is 13.2 Å². The van der Waals surface area contributed by atoms with Gasteiger partial charge in [-0.25, -0.2) is 0 Å². The molecule has 1 aliphatic heterocycles. The van der Waals surface area contributed by atoms with Gasteiger partial charge in [-0.05, 0) is 36.4 Å². The van der Waals surface area contributed by atoms with Crippen LogP contribution >= 0.6 is 0 Å². The standard InChI is InChI=1S/C16H18N2O2/c1-18-9-13-4-5-14(7-15(13)16(19)10-18)20-11-12-3-2-6-17-8-12/h2-8,16,19H,9-11H2,1H3/t16-/m0/s1. The number of β-amino-alcohol motifs (C(OH)–C–C–N with tert-alkyl or cyclic N) is 1. The minimum atomic E-state index is -0.439. The third kappa shape index (κ3) is 2.81. The second kappa shape index (κ2) is 5.61. The number of rotatable bonds is 3. The largest absolute Gasteiger partial charge is 0.489 e. The number of pyridine rings is 1. The Morgan fingerprint density at radius 1 is 1.40 bits per heavy atom. The molecule has 0 radical (unpaired) electrons. The van der Waals surface area contributed by atoms with Crippen LogP contribution in [-0.4, -0.2) is 28.6 Å². The monoisotopic (exact) mass is 270 g/mol. The molecule has 104 valence electrons. The first-order valence-corrected chi connectivity index (χ1v) is 6.73. The molecule has 0 saturated heterocycles. The molecule has 20 heavy (non-hydrogen) atoms. The van der Waals surface area contributed by atoms with Gasteiger partial charge >= 0.3 is 0 Å². The van der Waals surface area contributed by atoms with Crippen LogP contribution in [0.4, 0.5) is 0 Å². The molecule has 1 aliphatic rings. The van der Waals surface area contributed by atoms with Gasteiger partial charge in [-0.2, -0.15) is 0 Å². The van der Waals surface area contributed by atoms with Crippen molar-refractivity contribution in [2.75, 3.05) is 13.6 Å². The van der Waals surface area contributed by atoms with E-state index in [1.165, 1.54) is 5.56 Å². The van der Waals surface area contributed by atoms with E-state index < -0.39 is 6.10 Å². The Hall–Kier alpha value is -1.91. The highest BCUT2D eigenvalue weighted by Gasteiger charge is 2.21. The molecule has 0 spiro atoms. The quantitative estimate of drug-likeness (QED) is 0.928. The maximum atomic E-state index is 10.1. The van der Waals surface area contributed by atoms with Crippen LogP contribution in [0.5, 0.6) is 5.75 Å². The fourth-order valence-corrected chi connectivity index (χ4v) is 2.52. The number of nitrogens with zero attached hydrogens (tertiary/aromatic N) is 2. The van der Waals surface area contributed by atoms with Crippen molar-refractivity contribution < 1.29 is 9.84 Å². The zero-order valence-corrected chi connectivity index (χ0v) is 11.5. The summed E-state index contributed by atoms with van der Waals surface area (Å²) < 4.78 is 5.77. The van der Waals surface area contributed by atoms with Crippen molar-refractivity contribution in [1.29, 1.82) is 0 Å². The maximum absolute atomic E-state index is 10.1. The Morgan fingerprint density at radius 2 is 2.30 bits per heavy atom. The van der Waals surface area contributed by atoms with Crippen LogP contribution in [0.1, 0.15) is 22.8 Å². The van der Waals surface area contributed by atoms with Gasteiger partial charge in [0.2, 0.25) is 0 Å². The van der Waals surface area contributed by atoms with Gasteiger partial charge in [0.25, 0.3) is 0 Å². The van der Waals surface area contributed by atoms with Crippen molar-refractivity contribution in [2.24, 2.45) is 0 Å². The molecule has 0 unspecified atom stereocenters. The summed E-state index contributed by atoms with van der Waals surface area (Å²) in [5.74, 6) is 0.788. The van der Waals surface area contributed by atoms with E-state index in [1.54, 1.807) is 12.4 Å². The van der Waals surface area contributed by atoms with Crippen LogP contribution in [0.15, 0.2) is 42.7 Å². The fraction of sp³-hybridized carbons (Fsp3) is 0.312. The van der Waals surface area contributed by atoms with Gasteiger partial charge in [0.05, 0.1) is 6.10 Å². The van der Waals surface area contributed by atoms with E-state index in [1.807, 2.05) is 37.4 Å². The van der Waals surface area contributed by atoms with Crippen molar-refractivity contribution in [3.63, 3.8) is 0 Å². The van der Waals surface area contributed by atoms with E-state index >= 15 is 0 Å². The summed E-state index contributed by atoms with van der Waals surface area (Å²) in [6.45, 7) is 2.02. The van der Waals surface area contributed by atoms with Crippen LogP contribution < -0.4 is 4.74 Å². The minimum Gasteiger partial charge on any atom is -0.489 e. The van der Waals surface area contributed by atoms with E-state index in [-0.39, 0.29) is 0 Å². The molecule has 0 bridgehead atoms. The Morgan fingerprint density at radius 3 is 3.10 bits per heavy atom. The fourth-order valence-electron chi connectivity index (χ4n) is 2.52. The maximum Gasteiger partial charge on any atom is 0.120 e. The Kier molecular flexibility index (Phi) is 3.67. The lowest BCUT2D eigenvalue weighted by atomic mass is 9.97. The molecule has 1 aromatic heterocycles. The van der Waals surface area contributed by atoms with Crippen LogP contribution in [0.2, 0.25) is 0 Å². The summed E-state index contributed by atoms with van der Waals surface area (Å²) in [6.07, 6.45) is 3.10. The zero-order chi connectivity index (χ0) is 13.9. The Bertz CT molecular complexity index is 586. The normalized spacial score (nSPS) is 18.6. The van der Waals surface area contributed by atoms with E-state index in [2.05, 4.69) is 9.88 Å². The second-order valence-corrected chi connectivity index (χ2v) is 5.22. The molecule has 4 heteroatoms.